The van der Waals surface area contributed by atoms with Crippen LogP contribution in [0.3, 0.4) is 0 Å². The van der Waals surface area contributed by atoms with Gasteiger partial charge in [0.2, 0.25) is 53.2 Å². The lowest BCUT2D eigenvalue weighted by atomic mass is 10.0. The highest BCUT2D eigenvalue weighted by atomic mass is 16.2. The number of primary amides is 1. The first-order chi connectivity index (χ1) is 35.8. The Balaban J connectivity index is 1.77. The number of para-hydroxylation sites is 1. The Morgan fingerprint density at radius 1 is 0.693 bits per heavy atom. The van der Waals surface area contributed by atoms with E-state index in [1.54, 1.807) is 36.5 Å². The van der Waals surface area contributed by atoms with Crippen molar-refractivity contribution in [3.05, 3.63) is 71.9 Å². The second-order valence-electron chi connectivity index (χ2n) is 18.2. The maximum absolute atomic E-state index is 14.6. The summed E-state index contributed by atoms with van der Waals surface area (Å²) in [6.45, 7) is 1.49. The van der Waals surface area contributed by atoms with Crippen molar-refractivity contribution < 1.29 is 43.2 Å². The summed E-state index contributed by atoms with van der Waals surface area (Å²) in [7, 11) is 0. The first kappa shape index (κ1) is 59.3. The zero-order chi connectivity index (χ0) is 54.9. The minimum absolute atomic E-state index is 0.0189. The molecule has 1 aliphatic rings. The number of fused-ring (bicyclic) bond motifs is 1. The summed E-state index contributed by atoms with van der Waals surface area (Å²) in [4.78, 5) is 135. The van der Waals surface area contributed by atoms with Crippen LogP contribution in [-0.4, -0.2) is 139 Å². The number of carbonyl (C=O) groups excluding carboxylic acids is 9. The fourth-order valence-electron chi connectivity index (χ4n) is 8.26. The van der Waals surface area contributed by atoms with Crippen molar-refractivity contribution >= 4 is 76.0 Å². The number of guanidine groups is 2. The number of carbonyl (C=O) groups is 9. The standard InChI is InChI=1S/C49H73N17O9/c1-28(67)60-34(16-9-21-57-48(52)53)42(70)66-39-25-41(69)56-20-8-7-13-31(26-50)61-45(73)38(24-30-27-59-33-15-6-5-14-32(30)33)65-43(71)35(17-10-22-58-49(54)55)62-46(74)37(23-29-11-3-2-4-12-29)64-44(72)36(63-47(39)75)18-19-40(51)68/h2-6,11-12,14-15,27,31,34-39,59H,7-10,13,16-26,50H2,1H3,(H2,51,68)(H,56,69)(H,60,67)(H,61,73)(H,62,74)(H,63,75)(H,64,72)(H,65,71)(H,66,70)(H4,52,53,57)(H4,54,55,58)/t31-,34+,35-,36-,37+,38-,39-/m0/s1. The Morgan fingerprint density at radius 2 is 1.28 bits per heavy atom. The van der Waals surface area contributed by atoms with Gasteiger partial charge in [0.15, 0.2) is 11.9 Å². The lowest BCUT2D eigenvalue weighted by Gasteiger charge is -2.28. The normalized spacial score (nSPS) is 21.1. The number of aromatic amines is 1. The highest BCUT2D eigenvalue weighted by molar-refractivity contribution is 5.99. The third-order valence-corrected chi connectivity index (χ3v) is 12.1. The Labute approximate surface area is 434 Å². The predicted octanol–water partition coefficient (Wildman–Crippen LogP) is -3.61. The molecule has 0 aliphatic carbocycles. The highest BCUT2D eigenvalue weighted by Gasteiger charge is 2.35. The molecular formula is C49H73N17O9. The maximum Gasteiger partial charge on any atom is 0.243 e. The number of H-pyrrole nitrogens is 1. The summed E-state index contributed by atoms with van der Waals surface area (Å²) < 4.78 is 0. The van der Waals surface area contributed by atoms with Gasteiger partial charge in [0, 0.05) is 75.5 Å². The summed E-state index contributed by atoms with van der Waals surface area (Å²) in [5, 5.41) is 22.3. The number of nitrogens with two attached hydrogens (primary N) is 6. The van der Waals surface area contributed by atoms with Crippen molar-refractivity contribution in [2.24, 2.45) is 44.4 Å². The van der Waals surface area contributed by atoms with Gasteiger partial charge in [-0.1, -0.05) is 48.5 Å². The van der Waals surface area contributed by atoms with Crippen LogP contribution in [0.4, 0.5) is 0 Å². The molecule has 26 nitrogen and oxygen atoms in total. The smallest absolute Gasteiger partial charge is 0.243 e. The van der Waals surface area contributed by atoms with Crippen LogP contribution in [0.25, 0.3) is 10.9 Å². The highest BCUT2D eigenvalue weighted by Crippen LogP contribution is 2.20. The molecule has 21 N–H and O–H groups in total. The minimum Gasteiger partial charge on any atom is -0.370 e. The third-order valence-electron chi connectivity index (χ3n) is 12.1. The second kappa shape index (κ2) is 30.7. The van der Waals surface area contributed by atoms with Gasteiger partial charge in [-0.25, -0.2) is 0 Å². The SMILES string of the molecule is CC(=O)N[C@H](CCCN=C(N)N)C(=O)N[C@H]1CC(=O)NCCCC[C@@H](CN)NC(=O)[C@H](Cc2c[nH]c3ccccc23)NC(=O)[C@H](CCCN=C(N)N)NC(=O)[C@@H](Cc2ccccc2)NC(=O)[C@H](CCC(N)=O)NC1=O. The van der Waals surface area contributed by atoms with E-state index in [0.29, 0.717) is 30.4 Å². The van der Waals surface area contributed by atoms with E-state index < -0.39 is 115 Å². The van der Waals surface area contributed by atoms with Crippen LogP contribution in [-0.2, 0) is 56.0 Å². The van der Waals surface area contributed by atoms with Gasteiger partial charge < -0.3 is 81.9 Å². The summed E-state index contributed by atoms with van der Waals surface area (Å²) in [6.07, 6.45) is 1.75. The Hall–Kier alpha value is -8.29. The Bertz CT molecular complexity index is 2490. The first-order valence-corrected chi connectivity index (χ1v) is 24.9. The van der Waals surface area contributed by atoms with Crippen LogP contribution >= 0.6 is 0 Å². The molecule has 1 aliphatic heterocycles. The Morgan fingerprint density at radius 3 is 1.93 bits per heavy atom. The van der Waals surface area contributed by atoms with Crippen LogP contribution in [0.2, 0.25) is 0 Å². The number of nitrogens with one attached hydrogen (secondary N) is 9. The van der Waals surface area contributed by atoms with Gasteiger partial charge in [-0.15, -0.1) is 0 Å². The average Bonchev–Trinajstić information content (AvgIpc) is 3.77. The van der Waals surface area contributed by atoms with Gasteiger partial charge in [-0.3, -0.25) is 53.1 Å². The van der Waals surface area contributed by atoms with E-state index in [-0.39, 0.29) is 76.6 Å². The van der Waals surface area contributed by atoms with Crippen molar-refractivity contribution in [2.75, 3.05) is 26.2 Å². The number of nitrogens with zero attached hydrogens (tertiary/aromatic N) is 2. The maximum atomic E-state index is 14.6. The zero-order valence-electron chi connectivity index (χ0n) is 42.2. The minimum atomic E-state index is -1.66. The second-order valence-corrected chi connectivity index (χ2v) is 18.2. The largest absolute Gasteiger partial charge is 0.370 e. The zero-order valence-corrected chi connectivity index (χ0v) is 42.2. The van der Waals surface area contributed by atoms with E-state index in [0.717, 1.165) is 10.9 Å². The molecule has 3 aromatic rings. The first-order valence-electron chi connectivity index (χ1n) is 24.9. The molecule has 0 spiro atoms. The fraction of sp³-hybridized carbons (Fsp3) is 0.490. The molecule has 9 amide bonds. The molecule has 0 unspecified atom stereocenters. The number of hydrogen-bond donors (Lipinski definition) is 15. The lowest BCUT2D eigenvalue weighted by Crippen LogP contribution is -2.60. The van der Waals surface area contributed by atoms with Gasteiger partial charge in [-0.05, 0) is 68.6 Å². The van der Waals surface area contributed by atoms with Gasteiger partial charge in [-0.2, -0.15) is 0 Å². The van der Waals surface area contributed by atoms with Gasteiger partial charge >= 0.3 is 0 Å². The molecule has 2 heterocycles. The molecule has 4 rings (SSSR count). The fourth-order valence-corrected chi connectivity index (χ4v) is 8.26. The van der Waals surface area contributed by atoms with Crippen molar-refractivity contribution in [1.29, 1.82) is 0 Å². The predicted molar refractivity (Wildman–Crippen MR) is 280 cm³/mol. The van der Waals surface area contributed by atoms with E-state index in [2.05, 4.69) is 57.5 Å². The molecule has 1 saturated heterocycles. The quantitative estimate of drug-likeness (QED) is 0.0314. The number of hydrogen-bond acceptors (Lipinski definition) is 12. The molecule has 1 aromatic heterocycles. The summed E-state index contributed by atoms with van der Waals surface area (Å²) in [5.41, 5.74) is 35.8. The molecule has 408 valence electrons. The average molecular weight is 1040 g/mol. The van der Waals surface area contributed by atoms with Gasteiger partial charge in [0.25, 0.3) is 0 Å². The third kappa shape index (κ3) is 21.0. The molecule has 0 saturated carbocycles. The molecular weight excluding hydrogens is 971 g/mol. The van der Waals surface area contributed by atoms with E-state index in [4.69, 9.17) is 34.4 Å². The monoisotopic (exact) mass is 1040 g/mol. The van der Waals surface area contributed by atoms with E-state index in [1.807, 2.05) is 24.3 Å². The molecule has 26 heteroatoms. The number of rotatable bonds is 19. The summed E-state index contributed by atoms with van der Waals surface area (Å²) in [6, 6.07) is 6.99. The van der Waals surface area contributed by atoms with E-state index >= 15 is 0 Å². The molecule has 2 aromatic carbocycles. The Kier molecular flexibility index (Phi) is 24.2. The van der Waals surface area contributed by atoms with E-state index in [1.165, 1.54) is 6.92 Å². The summed E-state index contributed by atoms with van der Waals surface area (Å²) >= 11 is 0. The van der Waals surface area contributed by atoms with Crippen LogP contribution in [0, 0.1) is 0 Å². The number of aliphatic imine (C=N–C) groups is 2. The van der Waals surface area contributed by atoms with Crippen molar-refractivity contribution in [2.45, 2.75) is 126 Å². The number of amides is 9. The van der Waals surface area contributed by atoms with Crippen LogP contribution in [0.5, 0.6) is 0 Å². The number of aromatic nitrogens is 1. The van der Waals surface area contributed by atoms with Gasteiger partial charge in [0.05, 0.1) is 6.42 Å². The van der Waals surface area contributed by atoms with Crippen LogP contribution in [0.1, 0.15) is 82.3 Å². The molecule has 0 bridgehead atoms. The topological polar surface area (TPSA) is 446 Å². The van der Waals surface area contributed by atoms with Crippen molar-refractivity contribution in [1.82, 2.24) is 47.5 Å². The molecule has 75 heavy (non-hydrogen) atoms. The lowest BCUT2D eigenvalue weighted by molar-refractivity contribution is -0.136. The van der Waals surface area contributed by atoms with Crippen LogP contribution < -0.4 is 76.9 Å². The van der Waals surface area contributed by atoms with Crippen molar-refractivity contribution in [3.63, 3.8) is 0 Å². The van der Waals surface area contributed by atoms with Gasteiger partial charge in [0.1, 0.15) is 36.3 Å². The summed E-state index contributed by atoms with van der Waals surface area (Å²) in [5.74, 6) is -7.48. The number of benzene rings is 2. The van der Waals surface area contributed by atoms with Crippen LogP contribution in [0.15, 0.2) is 70.8 Å². The molecule has 7 atom stereocenters. The van der Waals surface area contributed by atoms with Crippen molar-refractivity contribution in [3.8, 4) is 0 Å². The van der Waals surface area contributed by atoms with E-state index in [9.17, 15) is 43.2 Å². The molecule has 0 radical (unpaired) electrons. The molecule has 1 fully saturated rings.